The fourth-order valence-electron chi connectivity index (χ4n) is 3.12. The molecule has 0 radical (unpaired) electrons. The molecule has 23 heavy (non-hydrogen) atoms. The predicted molar refractivity (Wildman–Crippen MR) is 98.4 cm³/mol. The Morgan fingerprint density at radius 3 is 2.09 bits per heavy atom. The van der Waals surface area contributed by atoms with Gasteiger partial charge in [0.15, 0.2) is 0 Å². The summed E-state index contributed by atoms with van der Waals surface area (Å²) in [6, 6.07) is 10.7. The molecule has 0 saturated carbocycles. The Hall–Kier alpha value is -1.39. The van der Waals surface area contributed by atoms with E-state index in [1.807, 2.05) is 0 Å². The summed E-state index contributed by atoms with van der Waals surface area (Å²) in [6.07, 6.45) is 1.43. The summed E-state index contributed by atoms with van der Waals surface area (Å²) in [6.45, 7) is 7.75. The first-order valence-electron chi connectivity index (χ1n) is 8.39. The van der Waals surface area contributed by atoms with Gasteiger partial charge in [0.05, 0.1) is 0 Å². The second-order valence-corrected chi connectivity index (χ2v) is 8.15. The summed E-state index contributed by atoms with van der Waals surface area (Å²) in [7, 11) is 8.53. The van der Waals surface area contributed by atoms with Crippen molar-refractivity contribution in [3.05, 3.63) is 35.9 Å². The molecule has 1 aliphatic heterocycles. The molecule has 4 heteroatoms. The Balaban J connectivity index is 2.32. The van der Waals surface area contributed by atoms with Crippen LogP contribution in [0.1, 0.15) is 32.8 Å². The highest BCUT2D eigenvalue weighted by Gasteiger charge is 2.39. The zero-order valence-corrected chi connectivity index (χ0v) is 15.7. The first kappa shape index (κ1) is 18.0. The van der Waals surface area contributed by atoms with E-state index in [1.54, 1.807) is 0 Å². The fourth-order valence-corrected chi connectivity index (χ4v) is 3.12. The van der Waals surface area contributed by atoms with Crippen LogP contribution in [0.2, 0.25) is 0 Å². The van der Waals surface area contributed by atoms with E-state index in [0.717, 1.165) is 13.0 Å². The van der Waals surface area contributed by atoms with Crippen LogP contribution in [0.3, 0.4) is 0 Å². The van der Waals surface area contributed by atoms with Crippen LogP contribution in [-0.4, -0.2) is 61.1 Å². The minimum Gasteiger partial charge on any atom is -0.337 e. The van der Waals surface area contributed by atoms with Gasteiger partial charge >= 0.3 is 0 Å². The number of hydrogen-bond donors (Lipinski definition) is 0. The fraction of sp³-hybridized carbons (Fsp3) is 0.632. The third-order valence-electron chi connectivity index (χ3n) is 4.14. The standard InChI is InChI=1S/C19H32N4/c1-19(2,3)13-16-20-17(21(4)5)18(22(6)7)23(16)14-15-11-9-8-10-12-15/h8-12,17-18H,13-14H2,1-7H3/t17-,18+/m0/s1. The number of nitrogens with zero attached hydrogens (tertiary/aromatic N) is 4. The van der Waals surface area contributed by atoms with Gasteiger partial charge in [0.1, 0.15) is 18.2 Å². The van der Waals surface area contributed by atoms with E-state index in [9.17, 15) is 0 Å². The molecule has 2 atom stereocenters. The SMILES string of the molecule is CN(C)[C@@H]1N=C(CC(C)(C)C)N(Cc2ccccc2)[C@H]1N(C)C. The third kappa shape index (κ3) is 4.55. The lowest BCUT2D eigenvalue weighted by Gasteiger charge is -2.37. The lowest BCUT2D eigenvalue weighted by Crippen LogP contribution is -2.52. The highest BCUT2D eigenvalue weighted by molar-refractivity contribution is 5.85. The van der Waals surface area contributed by atoms with Crippen molar-refractivity contribution in [1.29, 1.82) is 0 Å². The molecule has 128 valence electrons. The number of benzene rings is 1. The zero-order valence-electron chi connectivity index (χ0n) is 15.7. The van der Waals surface area contributed by atoms with Gasteiger partial charge in [-0.25, -0.2) is 4.99 Å². The Bertz CT molecular complexity index is 528. The van der Waals surface area contributed by atoms with Crippen LogP contribution in [0.25, 0.3) is 0 Å². The number of likely N-dealkylation sites (N-methyl/N-ethyl adjacent to an activating group) is 2. The van der Waals surface area contributed by atoms with Crippen LogP contribution in [0.15, 0.2) is 35.3 Å². The summed E-state index contributed by atoms with van der Waals surface area (Å²) >= 11 is 0. The number of hydrogen-bond acceptors (Lipinski definition) is 4. The molecule has 1 aliphatic rings. The summed E-state index contributed by atoms with van der Waals surface area (Å²) in [5, 5.41) is 0. The van der Waals surface area contributed by atoms with Crippen molar-refractivity contribution in [3.8, 4) is 0 Å². The largest absolute Gasteiger partial charge is 0.337 e. The molecule has 1 aromatic carbocycles. The molecule has 0 amide bonds. The molecule has 0 unspecified atom stereocenters. The van der Waals surface area contributed by atoms with Crippen molar-refractivity contribution in [3.63, 3.8) is 0 Å². The lowest BCUT2D eigenvalue weighted by molar-refractivity contribution is 0.0766. The molecular weight excluding hydrogens is 284 g/mol. The summed E-state index contributed by atoms with van der Waals surface area (Å²) in [4.78, 5) is 12.1. The molecule has 1 aromatic rings. The van der Waals surface area contributed by atoms with E-state index in [1.165, 1.54) is 11.4 Å². The van der Waals surface area contributed by atoms with E-state index in [-0.39, 0.29) is 17.7 Å². The highest BCUT2D eigenvalue weighted by Crippen LogP contribution is 2.30. The monoisotopic (exact) mass is 316 g/mol. The first-order valence-corrected chi connectivity index (χ1v) is 8.39. The van der Waals surface area contributed by atoms with Crippen LogP contribution in [0.5, 0.6) is 0 Å². The maximum absolute atomic E-state index is 5.08. The van der Waals surface area contributed by atoms with Gasteiger partial charge < -0.3 is 4.90 Å². The van der Waals surface area contributed by atoms with Crippen molar-refractivity contribution in [2.75, 3.05) is 28.2 Å². The molecule has 0 aromatic heterocycles. The van der Waals surface area contributed by atoms with E-state index < -0.39 is 0 Å². The quantitative estimate of drug-likeness (QED) is 0.833. The maximum Gasteiger partial charge on any atom is 0.138 e. The molecule has 0 N–H and O–H groups in total. The molecule has 1 heterocycles. The van der Waals surface area contributed by atoms with Gasteiger partial charge in [-0.05, 0) is 39.2 Å². The van der Waals surface area contributed by atoms with Gasteiger partial charge in [0.2, 0.25) is 0 Å². The lowest BCUT2D eigenvalue weighted by atomic mass is 9.91. The zero-order chi connectivity index (χ0) is 17.2. The Labute approximate surface area is 141 Å². The van der Waals surface area contributed by atoms with E-state index in [2.05, 4.69) is 94.0 Å². The van der Waals surface area contributed by atoms with E-state index in [0.29, 0.717) is 0 Å². The van der Waals surface area contributed by atoms with Crippen LogP contribution < -0.4 is 0 Å². The van der Waals surface area contributed by atoms with Crippen LogP contribution in [0.4, 0.5) is 0 Å². The number of amidine groups is 1. The third-order valence-corrected chi connectivity index (χ3v) is 4.14. The molecule has 0 bridgehead atoms. The van der Waals surface area contributed by atoms with Crippen molar-refractivity contribution >= 4 is 5.84 Å². The van der Waals surface area contributed by atoms with E-state index in [4.69, 9.17) is 4.99 Å². The van der Waals surface area contributed by atoms with Gasteiger partial charge in [0.25, 0.3) is 0 Å². The Kier molecular flexibility index (Phi) is 5.48. The van der Waals surface area contributed by atoms with Crippen molar-refractivity contribution in [2.24, 2.45) is 10.4 Å². The van der Waals surface area contributed by atoms with Gasteiger partial charge in [-0.1, -0.05) is 51.1 Å². The minimum atomic E-state index is 0.172. The topological polar surface area (TPSA) is 22.1 Å². The van der Waals surface area contributed by atoms with Crippen LogP contribution in [0, 0.1) is 5.41 Å². The second kappa shape index (κ2) is 7.02. The van der Waals surface area contributed by atoms with Gasteiger partial charge in [-0.15, -0.1) is 0 Å². The first-order chi connectivity index (χ1) is 10.7. The van der Waals surface area contributed by atoms with Gasteiger partial charge in [0, 0.05) is 13.0 Å². The number of rotatable bonds is 5. The summed E-state index contributed by atoms with van der Waals surface area (Å²) in [5.41, 5.74) is 1.56. The smallest absolute Gasteiger partial charge is 0.138 e. The van der Waals surface area contributed by atoms with Crippen molar-refractivity contribution in [2.45, 2.75) is 46.1 Å². The molecule has 2 rings (SSSR count). The molecular formula is C19H32N4. The highest BCUT2D eigenvalue weighted by atomic mass is 15.5. The molecule has 0 fully saturated rings. The van der Waals surface area contributed by atoms with Crippen LogP contribution >= 0.6 is 0 Å². The Morgan fingerprint density at radius 2 is 1.61 bits per heavy atom. The van der Waals surface area contributed by atoms with Crippen LogP contribution in [-0.2, 0) is 6.54 Å². The summed E-state index contributed by atoms with van der Waals surface area (Å²) in [5.74, 6) is 1.22. The van der Waals surface area contributed by atoms with Crippen molar-refractivity contribution in [1.82, 2.24) is 14.7 Å². The van der Waals surface area contributed by atoms with E-state index >= 15 is 0 Å². The second-order valence-electron chi connectivity index (χ2n) is 8.15. The van der Waals surface area contributed by atoms with Gasteiger partial charge in [-0.2, -0.15) is 0 Å². The molecule has 4 nitrogen and oxygen atoms in total. The maximum atomic E-state index is 5.08. The average Bonchev–Trinajstić information content (AvgIpc) is 2.77. The summed E-state index contributed by atoms with van der Waals surface area (Å²) < 4.78 is 0. The molecule has 0 spiro atoms. The van der Waals surface area contributed by atoms with Crippen molar-refractivity contribution < 1.29 is 0 Å². The minimum absolute atomic E-state index is 0.172. The molecule has 0 aliphatic carbocycles. The van der Waals surface area contributed by atoms with Gasteiger partial charge in [-0.3, -0.25) is 9.80 Å². The molecule has 0 saturated heterocycles. The normalized spacial score (nSPS) is 22.1. The number of aliphatic imine (C=N–C) groups is 1. The average molecular weight is 316 g/mol. The Morgan fingerprint density at radius 1 is 1.00 bits per heavy atom. The predicted octanol–water partition coefficient (Wildman–Crippen LogP) is 3.11.